The van der Waals surface area contributed by atoms with Crippen LogP contribution in [0.25, 0.3) is 0 Å². The minimum Gasteiger partial charge on any atom is -0.294 e. The van der Waals surface area contributed by atoms with Crippen LogP contribution in [0.3, 0.4) is 0 Å². The van der Waals surface area contributed by atoms with Gasteiger partial charge in [0.05, 0.1) is 13.1 Å². The highest BCUT2D eigenvalue weighted by molar-refractivity contribution is 6.21. The molecule has 0 bridgehead atoms. The van der Waals surface area contributed by atoms with E-state index in [9.17, 15) is 9.70 Å². The number of aliphatic imine (C=N–C) groups is 1. The van der Waals surface area contributed by atoms with Crippen molar-refractivity contribution in [3.05, 3.63) is 40.8 Å². The van der Waals surface area contributed by atoms with Crippen molar-refractivity contribution in [1.29, 1.82) is 5.41 Å². The second-order valence-corrected chi connectivity index (χ2v) is 4.64. The summed E-state index contributed by atoms with van der Waals surface area (Å²) < 4.78 is 0. The van der Waals surface area contributed by atoms with Gasteiger partial charge in [-0.15, -0.1) is 4.91 Å². The molecule has 1 aromatic rings. The number of hydrogen-bond donors (Lipinski definition) is 1. The lowest BCUT2D eigenvalue weighted by Crippen LogP contribution is -2.60. The summed E-state index contributed by atoms with van der Waals surface area (Å²) in [5, 5.41) is 10.8. The normalized spacial score (nSPS) is 21.8. The fraction of sp³-hybridized carbons (Fsp3) is 0.308. The standard InChI is InChI=1S/C13H13N5O2/c14-11-10(16-20)12(19)17-7-6-15-13(17)18(11)8-9-4-2-1-3-5-9/h1-5,10,14H,6-8H2. The monoisotopic (exact) mass is 271 g/mol. The molecule has 0 aromatic heterocycles. The number of hydrogen-bond acceptors (Lipinski definition) is 5. The number of nitrogens with one attached hydrogen (secondary N) is 1. The first kappa shape index (κ1) is 12.5. The molecule has 1 aromatic carbocycles. The first-order valence-corrected chi connectivity index (χ1v) is 6.30. The molecule has 7 heteroatoms. The molecule has 20 heavy (non-hydrogen) atoms. The van der Waals surface area contributed by atoms with Crippen molar-refractivity contribution in [2.24, 2.45) is 10.2 Å². The number of guanidine groups is 1. The molecule has 2 aliphatic rings. The summed E-state index contributed by atoms with van der Waals surface area (Å²) >= 11 is 0. The third-order valence-corrected chi connectivity index (χ3v) is 3.40. The smallest absolute Gasteiger partial charge is 0.265 e. The molecular weight excluding hydrogens is 258 g/mol. The molecule has 0 radical (unpaired) electrons. The van der Waals surface area contributed by atoms with Crippen LogP contribution in [0, 0.1) is 10.3 Å². The van der Waals surface area contributed by atoms with Gasteiger partial charge in [-0.3, -0.25) is 25.0 Å². The number of rotatable bonds is 3. The van der Waals surface area contributed by atoms with Gasteiger partial charge in [0, 0.05) is 6.54 Å². The molecule has 1 unspecified atom stereocenters. The van der Waals surface area contributed by atoms with Gasteiger partial charge in [-0.1, -0.05) is 30.3 Å². The van der Waals surface area contributed by atoms with E-state index in [0.717, 1.165) is 5.56 Å². The summed E-state index contributed by atoms with van der Waals surface area (Å²) in [5.41, 5.74) is 0.978. The van der Waals surface area contributed by atoms with Gasteiger partial charge in [-0.05, 0) is 10.7 Å². The van der Waals surface area contributed by atoms with E-state index < -0.39 is 11.9 Å². The molecule has 0 saturated carbocycles. The van der Waals surface area contributed by atoms with Gasteiger partial charge >= 0.3 is 0 Å². The number of fused-ring (bicyclic) bond motifs is 1. The number of amidine groups is 1. The zero-order valence-electron chi connectivity index (χ0n) is 10.7. The van der Waals surface area contributed by atoms with E-state index in [1.165, 1.54) is 4.90 Å². The van der Waals surface area contributed by atoms with Gasteiger partial charge in [-0.2, -0.15) is 0 Å². The number of nitrogens with zero attached hydrogens (tertiary/aromatic N) is 4. The molecule has 7 nitrogen and oxygen atoms in total. The van der Waals surface area contributed by atoms with Gasteiger partial charge < -0.3 is 0 Å². The molecule has 102 valence electrons. The van der Waals surface area contributed by atoms with Crippen molar-refractivity contribution in [2.75, 3.05) is 13.1 Å². The van der Waals surface area contributed by atoms with Crippen LogP contribution >= 0.6 is 0 Å². The summed E-state index contributed by atoms with van der Waals surface area (Å²) in [6.45, 7) is 1.33. The van der Waals surface area contributed by atoms with Gasteiger partial charge in [0.25, 0.3) is 5.91 Å². The second-order valence-electron chi connectivity index (χ2n) is 4.64. The van der Waals surface area contributed by atoms with Crippen molar-refractivity contribution in [1.82, 2.24) is 9.80 Å². The number of benzene rings is 1. The quantitative estimate of drug-likeness (QED) is 0.825. The highest BCUT2D eigenvalue weighted by Crippen LogP contribution is 2.21. The van der Waals surface area contributed by atoms with Crippen LogP contribution < -0.4 is 0 Å². The molecule has 1 atom stereocenters. The molecular formula is C13H13N5O2. The van der Waals surface area contributed by atoms with Gasteiger partial charge in [-0.25, -0.2) is 0 Å². The summed E-state index contributed by atoms with van der Waals surface area (Å²) in [6.07, 6.45) is 0. The summed E-state index contributed by atoms with van der Waals surface area (Å²) in [6, 6.07) is 8.29. The van der Waals surface area contributed by atoms with Crippen LogP contribution in [-0.4, -0.2) is 46.6 Å². The van der Waals surface area contributed by atoms with Gasteiger partial charge in [0.1, 0.15) is 5.84 Å². The number of carbonyl (C=O) groups is 1. The topological polar surface area (TPSA) is 89.2 Å². The van der Waals surface area contributed by atoms with Crippen LogP contribution in [0.4, 0.5) is 0 Å². The molecule has 1 amide bonds. The number of amides is 1. The Morgan fingerprint density at radius 3 is 2.80 bits per heavy atom. The SMILES string of the molecule is N=C1C(N=O)C(=O)N2CCN=C2N1Cc1ccccc1. The highest BCUT2D eigenvalue weighted by Gasteiger charge is 2.44. The van der Waals surface area contributed by atoms with Crippen molar-refractivity contribution < 1.29 is 4.79 Å². The fourth-order valence-corrected chi connectivity index (χ4v) is 2.41. The number of nitroso groups, excluding NO2 is 1. The van der Waals surface area contributed by atoms with Gasteiger partial charge in [0.15, 0.2) is 0 Å². The van der Waals surface area contributed by atoms with Crippen LogP contribution in [-0.2, 0) is 11.3 Å². The Morgan fingerprint density at radius 2 is 2.10 bits per heavy atom. The largest absolute Gasteiger partial charge is 0.294 e. The summed E-state index contributed by atoms with van der Waals surface area (Å²) in [5.74, 6) is -0.111. The molecule has 2 heterocycles. The summed E-state index contributed by atoms with van der Waals surface area (Å²) in [4.78, 5) is 30.2. The molecule has 1 saturated heterocycles. The Bertz CT molecular complexity index is 598. The maximum absolute atomic E-state index is 12.0. The Balaban J connectivity index is 1.93. The van der Waals surface area contributed by atoms with Crippen molar-refractivity contribution in [3.8, 4) is 0 Å². The maximum Gasteiger partial charge on any atom is 0.265 e. The van der Waals surface area contributed by atoms with E-state index in [4.69, 9.17) is 5.41 Å². The zero-order chi connectivity index (χ0) is 14.1. The molecule has 0 aliphatic carbocycles. The third-order valence-electron chi connectivity index (χ3n) is 3.40. The summed E-state index contributed by atoms with van der Waals surface area (Å²) in [7, 11) is 0. The zero-order valence-corrected chi connectivity index (χ0v) is 10.7. The molecule has 0 spiro atoms. The molecule has 2 aliphatic heterocycles. The Morgan fingerprint density at radius 1 is 1.35 bits per heavy atom. The minimum atomic E-state index is -1.27. The fourth-order valence-electron chi connectivity index (χ4n) is 2.41. The van der Waals surface area contributed by atoms with E-state index in [1.807, 2.05) is 30.3 Å². The van der Waals surface area contributed by atoms with Crippen molar-refractivity contribution >= 4 is 17.7 Å². The van der Waals surface area contributed by atoms with E-state index in [2.05, 4.69) is 10.2 Å². The minimum absolute atomic E-state index is 0.106. The van der Waals surface area contributed by atoms with E-state index in [-0.39, 0.29) is 5.84 Å². The average Bonchev–Trinajstić information content (AvgIpc) is 2.95. The van der Waals surface area contributed by atoms with Crippen molar-refractivity contribution in [3.63, 3.8) is 0 Å². The lowest BCUT2D eigenvalue weighted by Gasteiger charge is -2.36. The predicted molar refractivity (Wildman–Crippen MR) is 73.3 cm³/mol. The van der Waals surface area contributed by atoms with Crippen LogP contribution in [0.5, 0.6) is 0 Å². The predicted octanol–water partition coefficient (Wildman–Crippen LogP) is 0.813. The molecule has 1 fully saturated rings. The van der Waals surface area contributed by atoms with E-state index in [1.54, 1.807) is 4.90 Å². The first-order valence-electron chi connectivity index (χ1n) is 6.30. The first-order chi connectivity index (χ1) is 9.72. The Hall–Kier alpha value is -2.57. The van der Waals surface area contributed by atoms with Crippen LogP contribution in [0.2, 0.25) is 0 Å². The molecule has 3 rings (SSSR count). The van der Waals surface area contributed by atoms with Crippen LogP contribution in [0.1, 0.15) is 5.56 Å². The number of carbonyl (C=O) groups excluding carboxylic acids is 1. The maximum atomic E-state index is 12.0. The molecule has 1 N–H and O–H groups in total. The van der Waals surface area contributed by atoms with E-state index >= 15 is 0 Å². The highest BCUT2D eigenvalue weighted by atomic mass is 16.3. The van der Waals surface area contributed by atoms with Gasteiger partial charge in [0.2, 0.25) is 12.0 Å². The van der Waals surface area contributed by atoms with Crippen molar-refractivity contribution in [2.45, 2.75) is 12.6 Å². The Kier molecular flexibility index (Phi) is 3.02. The lowest BCUT2D eigenvalue weighted by molar-refractivity contribution is -0.128. The third kappa shape index (κ3) is 1.87. The second kappa shape index (κ2) is 4.84. The van der Waals surface area contributed by atoms with Crippen LogP contribution in [0.15, 0.2) is 40.5 Å². The average molecular weight is 271 g/mol. The lowest BCUT2D eigenvalue weighted by atomic mass is 10.1. The Labute approximate surface area is 115 Å². The van der Waals surface area contributed by atoms with E-state index in [0.29, 0.717) is 25.6 Å².